The van der Waals surface area contributed by atoms with Crippen LogP contribution in [0, 0.1) is 11.3 Å². The van der Waals surface area contributed by atoms with Crippen molar-refractivity contribution in [3.8, 4) is 11.8 Å². The Morgan fingerprint density at radius 2 is 1.86 bits per heavy atom. The van der Waals surface area contributed by atoms with Crippen LogP contribution in [0.2, 0.25) is 0 Å². The van der Waals surface area contributed by atoms with Gasteiger partial charge in [0, 0.05) is 18.7 Å². The van der Waals surface area contributed by atoms with Gasteiger partial charge in [0.1, 0.15) is 5.75 Å². The fraction of sp³-hybridized carbons (Fsp3) is 0.348. The maximum atomic E-state index is 12.6. The SMILES string of the molecule is CCCCCOc1ccc(C(=O)NC(=S)N(CCC#N)Cc2ccccc2)cc1. The molecule has 1 amide bonds. The van der Waals surface area contributed by atoms with Gasteiger partial charge in [0.25, 0.3) is 5.91 Å². The van der Waals surface area contributed by atoms with Crippen LogP contribution in [-0.2, 0) is 6.54 Å². The van der Waals surface area contributed by atoms with Crippen LogP contribution < -0.4 is 10.1 Å². The number of nitriles is 1. The molecule has 152 valence electrons. The molecule has 0 radical (unpaired) electrons. The Kier molecular flexibility index (Phi) is 9.67. The Hall–Kier alpha value is -2.91. The average molecular weight is 410 g/mol. The lowest BCUT2D eigenvalue weighted by Crippen LogP contribution is -2.42. The standard InChI is InChI=1S/C23H27N3O2S/c1-2-3-7-17-28-21-13-11-20(12-14-21)22(27)25-23(29)26(16-8-15-24)18-19-9-5-4-6-10-19/h4-6,9-14H,2-3,7-8,16-18H2,1H3,(H,25,27,29). The summed E-state index contributed by atoms with van der Waals surface area (Å²) >= 11 is 5.43. The minimum atomic E-state index is -0.275. The highest BCUT2D eigenvalue weighted by Gasteiger charge is 2.14. The molecule has 2 rings (SSSR count). The summed E-state index contributed by atoms with van der Waals surface area (Å²) in [5.41, 5.74) is 1.57. The molecule has 2 aromatic carbocycles. The third-order valence-electron chi connectivity index (χ3n) is 4.35. The number of hydrogen-bond acceptors (Lipinski definition) is 4. The predicted octanol–water partition coefficient (Wildman–Crippen LogP) is 4.69. The van der Waals surface area contributed by atoms with Crippen molar-refractivity contribution < 1.29 is 9.53 Å². The van der Waals surface area contributed by atoms with E-state index in [0.717, 1.165) is 30.6 Å². The molecule has 0 aliphatic heterocycles. The molecule has 2 aromatic rings. The molecule has 0 aromatic heterocycles. The van der Waals surface area contributed by atoms with Crippen LogP contribution in [0.4, 0.5) is 0 Å². The number of thiocarbonyl (C=S) groups is 1. The summed E-state index contributed by atoms with van der Waals surface area (Å²) in [6.07, 6.45) is 3.64. The van der Waals surface area contributed by atoms with Crippen LogP contribution >= 0.6 is 12.2 Å². The van der Waals surface area contributed by atoms with E-state index < -0.39 is 0 Å². The van der Waals surface area contributed by atoms with Crippen molar-refractivity contribution in [1.29, 1.82) is 5.26 Å². The molecular weight excluding hydrogens is 382 g/mol. The predicted molar refractivity (Wildman–Crippen MR) is 119 cm³/mol. The second-order valence-corrected chi connectivity index (χ2v) is 7.04. The van der Waals surface area contributed by atoms with E-state index in [1.54, 1.807) is 24.3 Å². The molecule has 0 aliphatic rings. The summed E-state index contributed by atoms with van der Waals surface area (Å²) in [5, 5.41) is 12.0. The summed E-state index contributed by atoms with van der Waals surface area (Å²) in [5.74, 6) is 0.475. The van der Waals surface area contributed by atoms with Crippen molar-refractivity contribution in [2.75, 3.05) is 13.2 Å². The minimum Gasteiger partial charge on any atom is -0.494 e. The first-order valence-corrected chi connectivity index (χ1v) is 10.3. The van der Waals surface area contributed by atoms with Gasteiger partial charge in [0.15, 0.2) is 5.11 Å². The number of nitrogens with one attached hydrogen (secondary N) is 1. The van der Waals surface area contributed by atoms with E-state index in [-0.39, 0.29) is 5.91 Å². The molecule has 29 heavy (non-hydrogen) atoms. The van der Waals surface area contributed by atoms with Gasteiger partial charge in [-0.15, -0.1) is 0 Å². The summed E-state index contributed by atoms with van der Waals surface area (Å²) in [7, 11) is 0. The van der Waals surface area contributed by atoms with Crippen LogP contribution in [-0.4, -0.2) is 29.1 Å². The van der Waals surface area contributed by atoms with Gasteiger partial charge in [-0.05, 0) is 48.5 Å². The Morgan fingerprint density at radius 1 is 1.14 bits per heavy atom. The number of amides is 1. The second-order valence-electron chi connectivity index (χ2n) is 6.65. The van der Waals surface area contributed by atoms with E-state index in [0.29, 0.717) is 36.8 Å². The van der Waals surface area contributed by atoms with Gasteiger partial charge < -0.3 is 9.64 Å². The van der Waals surface area contributed by atoms with E-state index in [9.17, 15) is 4.79 Å². The molecule has 6 heteroatoms. The quantitative estimate of drug-likeness (QED) is 0.456. The largest absolute Gasteiger partial charge is 0.494 e. The highest BCUT2D eigenvalue weighted by atomic mass is 32.1. The number of rotatable bonds is 10. The Labute approximate surface area is 178 Å². The summed E-state index contributed by atoms with van der Waals surface area (Å²) < 4.78 is 5.68. The summed E-state index contributed by atoms with van der Waals surface area (Å²) in [4.78, 5) is 14.4. The van der Waals surface area contributed by atoms with Crippen molar-refractivity contribution in [2.24, 2.45) is 0 Å². The van der Waals surface area contributed by atoms with Crippen molar-refractivity contribution in [2.45, 2.75) is 39.2 Å². The number of nitrogens with zero attached hydrogens (tertiary/aromatic N) is 2. The molecule has 0 unspecified atom stereocenters. The number of ether oxygens (including phenoxy) is 1. The molecule has 0 atom stereocenters. The fourth-order valence-corrected chi connectivity index (χ4v) is 2.98. The number of carbonyl (C=O) groups excluding carboxylic acids is 1. The molecule has 1 N–H and O–H groups in total. The Balaban J connectivity index is 1.93. The van der Waals surface area contributed by atoms with Crippen LogP contribution in [0.15, 0.2) is 54.6 Å². The average Bonchev–Trinajstić information content (AvgIpc) is 2.75. The first-order chi connectivity index (χ1) is 14.1. The minimum absolute atomic E-state index is 0.275. The highest BCUT2D eigenvalue weighted by Crippen LogP contribution is 2.13. The maximum absolute atomic E-state index is 12.6. The van der Waals surface area contributed by atoms with Crippen LogP contribution in [0.25, 0.3) is 0 Å². The summed E-state index contributed by atoms with van der Waals surface area (Å²) in [6.45, 7) is 3.82. The molecular formula is C23H27N3O2S. The van der Waals surface area contributed by atoms with E-state index in [1.165, 1.54) is 0 Å². The van der Waals surface area contributed by atoms with Gasteiger partial charge >= 0.3 is 0 Å². The smallest absolute Gasteiger partial charge is 0.257 e. The molecule has 0 spiro atoms. The van der Waals surface area contributed by atoms with Crippen LogP contribution in [0.3, 0.4) is 0 Å². The first kappa shape index (κ1) is 22.4. The lowest BCUT2D eigenvalue weighted by Gasteiger charge is -2.24. The monoisotopic (exact) mass is 409 g/mol. The lowest BCUT2D eigenvalue weighted by molar-refractivity contribution is 0.0973. The van der Waals surface area contributed by atoms with Gasteiger partial charge in [0.2, 0.25) is 0 Å². The second kappa shape index (κ2) is 12.5. The maximum Gasteiger partial charge on any atom is 0.257 e. The molecule has 0 heterocycles. The molecule has 0 saturated carbocycles. The molecule has 0 saturated heterocycles. The topological polar surface area (TPSA) is 65.4 Å². The van der Waals surface area contributed by atoms with Gasteiger partial charge in [-0.1, -0.05) is 50.1 Å². The zero-order valence-corrected chi connectivity index (χ0v) is 17.6. The van der Waals surface area contributed by atoms with E-state index in [4.69, 9.17) is 22.2 Å². The fourth-order valence-electron chi connectivity index (χ4n) is 2.73. The zero-order valence-electron chi connectivity index (χ0n) is 16.8. The Morgan fingerprint density at radius 3 is 2.52 bits per heavy atom. The number of hydrogen-bond donors (Lipinski definition) is 1. The van der Waals surface area contributed by atoms with Crippen LogP contribution in [0.5, 0.6) is 5.75 Å². The van der Waals surface area contributed by atoms with Crippen molar-refractivity contribution >= 4 is 23.2 Å². The van der Waals surface area contributed by atoms with Gasteiger partial charge in [-0.3, -0.25) is 10.1 Å². The Bertz CT molecular complexity index is 816. The van der Waals surface area contributed by atoms with Gasteiger partial charge in [-0.25, -0.2) is 0 Å². The first-order valence-electron chi connectivity index (χ1n) is 9.88. The highest BCUT2D eigenvalue weighted by molar-refractivity contribution is 7.80. The molecule has 0 fully saturated rings. The number of unbranched alkanes of at least 4 members (excludes halogenated alkanes) is 2. The van der Waals surface area contributed by atoms with E-state index >= 15 is 0 Å². The molecule has 0 aliphatic carbocycles. The summed E-state index contributed by atoms with van der Waals surface area (Å²) in [6, 6.07) is 19.0. The van der Waals surface area contributed by atoms with Crippen LogP contribution in [0.1, 0.15) is 48.5 Å². The zero-order chi connectivity index (χ0) is 20.9. The van der Waals surface area contributed by atoms with Gasteiger partial charge in [-0.2, -0.15) is 5.26 Å². The number of carbonyl (C=O) groups is 1. The van der Waals surface area contributed by atoms with E-state index in [1.807, 2.05) is 35.2 Å². The number of benzene rings is 2. The van der Waals surface area contributed by atoms with E-state index in [2.05, 4.69) is 18.3 Å². The normalized spacial score (nSPS) is 10.1. The van der Waals surface area contributed by atoms with Crippen molar-refractivity contribution in [1.82, 2.24) is 10.2 Å². The molecule has 0 bridgehead atoms. The third-order valence-corrected chi connectivity index (χ3v) is 4.71. The van der Waals surface area contributed by atoms with Gasteiger partial charge in [0.05, 0.1) is 19.1 Å². The van der Waals surface area contributed by atoms with Crippen molar-refractivity contribution in [3.63, 3.8) is 0 Å². The molecule has 5 nitrogen and oxygen atoms in total. The lowest BCUT2D eigenvalue weighted by atomic mass is 10.2. The van der Waals surface area contributed by atoms with Crippen molar-refractivity contribution in [3.05, 3.63) is 65.7 Å². The third kappa shape index (κ3) is 7.92.